The molecule has 1 aromatic carbocycles. The number of carbonyl (C=O) groups excluding carboxylic acids is 1. The standard InChI is InChI=1S/C20H27N3O2/c1-14-7-4-5-8-17(14)12-23(13-18-9-6-10-25-18)20(24)11-19-15(2)21-22-16(19)3/h4-5,7-8,18H,6,9-13H2,1-3H3,(H,21,22)/t18-/m0/s1. The third-order valence-electron chi connectivity index (χ3n) is 5.03. The van der Waals surface area contributed by atoms with Gasteiger partial charge in [0.25, 0.3) is 0 Å². The molecule has 1 saturated heterocycles. The molecule has 3 rings (SSSR count). The van der Waals surface area contributed by atoms with E-state index >= 15 is 0 Å². The van der Waals surface area contributed by atoms with Gasteiger partial charge in [-0.25, -0.2) is 0 Å². The number of carbonyl (C=O) groups is 1. The van der Waals surface area contributed by atoms with Gasteiger partial charge >= 0.3 is 0 Å². The van der Waals surface area contributed by atoms with Gasteiger partial charge in [-0.05, 0) is 44.7 Å². The molecule has 1 N–H and O–H groups in total. The summed E-state index contributed by atoms with van der Waals surface area (Å²) in [5.74, 6) is 0.131. The predicted molar refractivity (Wildman–Crippen MR) is 97.3 cm³/mol. The fraction of sp³-hybridized carbons (Fsp3) is 0.500. The molecule has 2 aromatic rings. The van der Waals surface area contributed by atoms with Gasteiger partial charge in [0.1, 0.15) is 0 Å². The maximum atomic E-state index is 13.0. The predicted octanol–water partition coefficient (Wildman–Crippen LogP) is 3.09. The molecule has 1 aliphatic heterocycles. The lowest BCUT2D eigenvalue weighted by atomic mass is 10.1. The summed E-state index contributed by atoms with van der Waals surface area (Å²) in [4.78, 5) is 15.0. The van der Waals surface area contributed by atoms with Crippen molar-refractivity contribution in [3.05, 3.63) is 52.3 Å². The second kappa shape index (κ2) is 7.83. The third-order valence-corrected chi connectivity index (χ3v) is 5.03. The Morgan fingerprint density at radius 1 is 1.32 bits per heavy atom. The molecule has 0 spiro atoms. The van der Waals surface area contributed by atoms with E-state index in [9.17, 15) is 4.79 Å². The van der Waals surface area contributed by atoms with E-state index in [0.717, 1.165) is 36.4 Å². The Hall–Kier alpha value is -2.14. The summed E-state index contributed by atoms with van der Waals surface area (Å²) in [5.41, 5.74) is 5.28. The van der Waals surface area contributed by atoms with Crippen LogP contribution in [-0.2, 0) is 22.5 Å². The zero-order chi connectivity index (χ0) is 17.8. The molecule has 5 heteroatoms. The van der Waals surface area contributed by atoms with Crippen LogP contribution in [0.15, 0.2) is 24.3 Å². The Balaban J connectivity index is 1.77. The number of ether oxygens (including phenoxy) is 1. The summed E-state index contributed by atoms with van der Waals surface area (Å²) in [7, 11) is 0. The molecule has 25 heavy (non-hydrogen) atoms. The first-order valence-corrected chi connectivity index (χ1v) is 8.99. The zero-order valence-corrected chi connectivity index (χ0v) is 15.3. The minimum atomic E-state index is 0.131. The maximum absolute atomic E-state index is 13.0. The summed E-state index contributed by atoms with van der Waals surface area (Å²) < 4.78 is 5.77. The molecular formula is C20H27N3O2. The van der Waals surface area contributed by atoms with Crippen molar-refractivity contribution in [2.45, 2.75) is 52.7 Å². The molecule has 1 aliphatic rings. The molecule has 0 saturated carbocycles. The van der Waals surface area contributed by atoms with E-state index in [1.54, 1.807) is 0 Å². The molecule has 0 bridgehead atoms. The van der Waals surface area contributed by atoms with Crippen LogP contribution in [0.4, 0.5) is 0 Å². The van der Waals surface area contributed by atoms with Gasteiger partial charge in [0.15, 0.2) is 0 Å². The number of benzene rings is 1. The number of amides is 1. The third kappa shape index (κ3) is 4.28. The average molecular weight is 341 g/mol. The van der Waals surface area contributed by atoms with Gasteiger partial charge in [-0.1, -0.05) is 24.3 Å². The minimum absolute atomic E-state index is 0.131. The van der Waals surface area contributed by atoms with E-state index in [4.69, 9.17) is 4.74 Å². The SMILES string of the molecule is Cc1ccccc1CN(C[C@@H]1CCCO1)C(=O)Cc1c(C)n[nH]c1C. The van der Waals surface area contributed by atoms with Crippen molar-refractivity contribution in [3.63, 3.8) is 0 Å². The Labute approximate surface area is 149 Å². The van der Waals surface area contributed by atoms with Crippen molar-refractivity contribution in [1.82, 2.24) is 15.1 Å². The van der Waals surface area contributed by atoms with E-state index in [0.29, 0.717) is 19.5 Å². The molecule has 2 heterocycles. The maximum Gasteiger partial charge on any atom is 0.227 e. The van der Waals surface area contributed by atoms with E-state index in [1.807, 2.05) is 30.9 Å². The number of H-pyrrole nitrogens is 1. The van der Waals surface area contributed by atoms with Crippen LogP contribution in [-0.4, -0.2) is 40.3 Å². The van der Waals surface area contributed by atoms with Crippen molar-refractivity contribution in [2.75, 3.05) is 13.2 Å². The molecule has 5 nitrogen and oxygen atoms in total. The van der Waals surface area contributed by atoms with Crippen LogP contribution in [0.2, 0.25) is 0 Å². The molecule has 134 valence electrons. The lowest BCUT2D eigenvalue weighted by Gasteiger charge is -2.26. The first-order chi connectivity index (χ1) is 12.0. The van der Waals surface area contributed by atoms with Gasteiger partial charge in [-0.2, -0.15) is 5.10 Å². The van der Waals surface area contributed by atoms with Crippen molar-refractivity contribution < 1.29 is 9.53 Å². The number of aromatic nitrogens is 2. The monoisotopic (exact) mass is 341 g/mol. The summed E-state index contributed by atoms with van der Waals surface area (Å²) in [6, 6.07) is 8.25. The molecular weight excluding hydrogens is 314 g/mol. The summed E-state index contributed by atoms with van der Waals surface area (Å²) >= 11 is 0. The highest BCUT2D eigenvalue weighted by molar-refractivity contribution is 5.79. The van der Waals surface area contributed by atoms with Crippen LogP contribution in [0.3, 0.4) is 0 Å². The van der Waals surface area contributed by atoms with E-state index in [2.05, 4.69) is 29.3 Å². The van der Waals surface area contributed by atoms with Gasteiger partial charge in [-0.3, -0.25) is 9.89 Å². The highest BCUT2D eigenvalue weighted by Crippen LogP contribution is 2.19. The van der Waals surface area contributed by atoms with Gasteiger partial charge in [0, 0.05) is 31.0 Å². The topological polar surface area (TPSA) is 58.2 Å². The van der Waals surface area contributed by atoms with E-state index in [1.165, 1.54) is 11.1 Å². The van der Waals surface area contributed by atoms with Gasteiger partial charge < -0.3 is 9.64 Å². The first-order valence-electron chi connectivity index (χ1n) is 8.99. The normalized spacial score (nSPS) is 17.0. The van der Waals surface area contributed by atoms with Crippen molar-refractivity contribution in [1.29, 1.82) is 0 Å². The van der Waals surface area contributed by atoms with E-state index < -0.39 is 0 Å². The van der Waals surface area contributed by atoms with Gasteiger partial charge in [-0.15, -0.1) is 0 Å². The highest BCUT2D eigenvalue weighted by atomic mass is 16.5. The summed E-state index contributed by atoms with van der Waals surface area (Å²) in [5, 5.41) is 7.18. The summed E-state index contributed by atoms with van der Waals surface area (Å²) in [6.45, 7) is 8.09. The fourth-order valence-corrected chi connectivity index (χ4v) is 3.38. The quantitative estimate of drug-likeness (QED) is 0.878. The molecule has 1 fully saturated rings. The number of rotatable bonds is 6. The Morgan fingerprint density at radius 2 is 2.12 bits per heavy atom. The molecule has 0 unspecified atom stereocenters. The van der Waals surface area contributed by atoms with Crippen LogP contribution in [0.1, 0.15) is 40.9 Å². The molecule has 1 aromatic heterocycles. The van der Waals surface area contributed by atoms with Crippen LogP contribution in [0.25, 0.3) is 0 Å². The number of aryl methyl sites for hydroxylation is 3. The Bertz CT molecular complexity index is 713. The van der Waals surface area contributed by atoms with E-state index in [-0.39, 0.29) is 12.0 Å². The second-order valence-corrected chi connectivity index (χ2v) is 6.93. The molecule has 0 aliphatic carbocycles. The lowest BCUT2D eigenvalue weighted by Crippen LogP contribution is -2.38. The smallest absolute Gasteiger partial charge is 0.227 e. The van der Waals surface area contributed by atoms with Crippen molar-refractivity contribution in [3.8, 4) is 0 Å². The van der Waals surface area contributed by atoms with Crippen molar-refractivity contribution >= 4 is 5.91 Å². The average Bonchev–Trinajstić information content (AvgIpc) is 3.21. The number of aromatic amines is 1. The van der Waals surface area contributed by atoms with Gasteiger partial charge in [0.05, 0.1) is 18.2 Å². The van der Waals surface area contributed by atoms with Crippen LogP contribution < -0.4 is 0 Å². The molecule has 1 amide bonds. The molecule has 1 atom stereocenters. The zero-order valence-electron chi connectivity index (χ0n) is 15.3. The molecule has 0 radical (unpaired) electrons. The fourth-order valence-electron chi connectivity index (χ4n) is 3.38. The lowest BCUT2D eigenvalue weighted by molar-refractivity contribution is -0.132. The second-order valence-electron chi connectivity index (χ2n) is 6.93. The van der Waals surface area contributed by atoms with Crippen LogP contribution >= 0.6 is 0 Å². The largest absolute Gasteiger partial charge is 0.376 e. The van der Waals surface area contributed by atoms with Crippen molar-refractivity contribution in [2.24, 2.45) is 0 Å². The number of nitrogens with one attached hydrogen (secondary N) is 1. The number of hydrogen-bond donors (Lipinski definition) is 1. The first kappa shape index (κ1) is 17.7. The summed E-state index contributed by atoms with van der Waals surface area (Å²) in [6.07, 6.45) is 2.64. The Kier molecular flexibility index (Phi) is 5.53. The number of hydrogen-bond acceptors (Lipinski definition) is 3. The Morgan fingerprint density at radius 3 is 2.76 bits per heavy atom. The van der Waals surface area contributed by atoms with Crippen LogP contribution in [0.5, 0.6) is 0 Å². The minimum Gasteiger partial charge on any atom is -0.376 e. The number of nitrogens with zero attached hydrogens (tertiary/aromatic N) is 2. The highest BCUT2D eigenvalue weighted by Gasteiger charge is 2.24. The van der Waals surface area contributed by atoms with Crippen LogP contribution in [0, 0.1) is 20.8 Å². The van der Waals surface area contributed by atoms with Gasteiger partial charge in [0.2, 0.25) is 5.91 Å².